The summed E-state index contributed by atoms with van der Waals surface area (Å²) in [6.07, 6.45) is 0. The number of carbonyl (C=O) groups excluding carboxylic acids is 1. The van der Waals surface area contributed by atoms with E-state index >= 15 is 0 Å². The second-order valence-corrected chi connectivity index (χ2v) is 5.26. The van der Waals surface area contributed by atoms with Gasteiger partial charge in [-0.3, -0.25) is 9.36 Å². The van der Waals surface area contributed by atoms with Crippen LogP contribution < -0.4 is 5.76 Å². The van der Waals surface area contributed by atoms with Crippen LogP contribution >= 0.6 is 0 Å². The van der Waals surface area contributed by atoms with Crippen molar-refractivity contribution in [2.24, 2.45) is 0 Å². The smallest absolute Gasteiger partial charge is 0.408 e. The Bertz CT molecular complexity index is 913. The number of amides is 1. The third-order valence-electron chi connectivity index (χ3n) is 3.66. The molecule has 6 heteroatoms. The minimum absolute atomic E-state index is 0.135. The van der Waals surface area contributed by atoms with Gasteiger partial charge in [0.05, 0.1) is 5.52 Å². The van der Waals surface area contributed by atoms with Gasteiger partial charge in [-0.15, -0.1) is 0 Å². The molecule has 0 saturated heterocycles. The van der Waals surface area contributed by atoms with E-state index in [0.717, 1.165) is 0 Å². The average molecular weight is 314 g/mol. The maximum Gasteiger partial charge on any atom is 0.420 e. The molecule has 0 N–H and O–H groups in total. The number of benzene rings is 2. The summed E-state index contributed by atoms with van der Waals surface area (Å²) in [5.74, 6) is -1.25. The molecule has 0 atom stereocenters. The quantitative estimate of drug-likeness (QED) is 0.743. The Kier molecular flexibility index (Phi) is 3.97. The molecule has 0 aliphatic carbocycles. The molecule has 0 bridgehead atoms. The van der Waals surface area contributed by atoms with Gasteiger partial charge in [0.1, 0.15) is 12.4 Å². The fourth-order valence-corrected chi connectivity index (χ4v) is 2.39. The number of rotatable bonds is 4. The van der Waals surface area contributed by atoms with Gasteiger partial charge in [0.15, 0.2) is 5.58 Å². The number of para-hydroxylation sites is 2. The third kappa shape index (κ3) is 3.01. The molecular weight excluding hydrogens is 299 g/mol. The van der Waals surface area contributed by atoms with Crippen molar-refractivity contribution in [3.8, 4) is 0 Å². The van der Waals surface area contributed by atoms with Crippen molar-refractivity contribution in [1.29, 1.82) is 0 Å². The van der Waals surface area contributed by atoms with Crippen molar-refractivity contribution in [3.05, 3.63) is 70.5 Å². The van der Waals surface area contributed by atoms with E-state index in [-0.39, 0.29) is 24.8 Å². The van der Waals surface area contributed by atoms with Crippen molar-refractivity contribution in [3.63, 3.8) is 0 Å². The van der Waals surface area contributed by atoms with Crippen LogP contribution in [0, 0.1) is 5.82 Å². The minimum atomic E-state index is -0.584. The lowest BCUT2D eigenvalue weighted by Gasteiger charge is -2.17. The zero-order valence-corrected chi connectivity index (χ0v) is 12.5. The predicted octanol–water partition coefficient (Wildman–Crippen LogP) is 2.39. The van der Waals surface area contributed by atoms with E-state index < -0.39 is 5.76 Å². The highest BCUT2D eigenvalue weighted by atomic mass is 19.1. The number of carbonyl (C=O) groups is 1. The first-order valence-electron chi connectivity index (χ1n) is 7.12. The number of halogens is 1. The highest BCUT2D eigenvalue weighted by Gasteiger charge is 2.16. The number of fused-ring (bicyclic) bond motifs is 1. The monoisotopic (exact) mass is 314 g/mol. The Hall–Kier alpha value is -2.89. The molecular formula is C17H15FN2O3. The van der Waals surface area contributed by atoms with Gasteiger partial charge >= 0.3 is 5.76 Å². The first-order chi connectivity index (χ1) is 11.1. The Morgan fingerprint density at radius 1 is 1.17 bits per heavy atom. The Morgan fingerprint density at radius 2 is 1.87 bits per heavy atom. The van der Waals surface area contributed by atoms with Crippen LogP contribution in [0.25, 0.3) is 11.1 Å². The molecule has 1 heterocycles. The van der Waals surface area contributed by atoms with E-state index in [1.54, 1.807) is 49.5 Å². The molecule has 2 aromatic carbocycles. The number of hydrogen-bond acceptors (Lipinski definition) is 3. The van der Waals surface area contributed by atoms with E-state index in [1.807, 2.05) is 0 Å². The lowest BCUT2D eigenvalue weighted by Crippen LogP contribution is -2.32. The molecule has 0 radical (unpaired) electrons. The third-order valence-corrected chi connectivity index (χ3v) is 3.66. The molecule has 0 aliphatic heterocycles. The van der Waals surface area contributed by atoms with Gasteiger partial charge in [-0.1, -0.05) is 30.3 Å². The van der Waals surface area contributed by atoms with Gasteiger partial charge in [-0.25, -0.2) is 9.18 Å². The number of oxazole rings is 1. The zero-order valence-electron chi connectivity index (χ0n) is 12.5. The molecule has 0 unspecified atom stereocenters. The summed E-state index contributed by atoms with van der Waals surface area (Å²) in [6.45, 7) is -0.0170. The van der Waals surface area contributed by atoms with Crippen LogP contribution in [0.5, 0.6) is 0 Å². The number of likely N-dealkylation sites (N-methyl/N-ethyl adjacent to an activating group) is 1. The summed E-state index contributed by atoms with van der Waals surface area (Å²) in [4.78, 5) is 25.6. The molecule has 0 saturated carbocycles. The van der Waals surface area contributed by atoms with Gasteiger partial charge < -0.3 is 9.32 Å². The molecule has 3 aromatic rings. The maximum atomic E-state index is 13.7. The van der Waals surface area contributed by atoms with E-state index in [2.05, 4.69) is 0 Å². The summed E-state index contributed by atoms with van der Waals surface area (Å²) < 4.78 is 20.0. The molecule has 0 fully saturated rings. The molecule has 0 spiro atoms. The fraction of sp³-hybridized carbons (Fsp3) is 0.176. The fourth-order valence-electron chi connectivity index (χ4n) is 2.39. The van der Waals surface area contributed by atoms with E-state index in [0.29, 0.717) is 16.7 Å². The van der Waals surface area contributed by atoms with Crippen LogP contribution in [0.3, 0.4) is 0 Å². The lowest BCUT2D eigenvalue weighted by atomic mass is 10.2. The Balaban J connectivity index is 1.79. The molecule has 0 aliphatic rings. The van der Waals surface area contributed by atoms with Crippen LogP contribution in [0.4, 0.5) is 4.39 Å². The normalized spacial score (nSPS) is 10.9. The van der Waals surface area contributed by atoms with Crippen LogP contribution in [-0.2, 0) is 17.9 Å². The summed E-state index contributed by atoms with van der Waals surface area (Å²) in [6, 6.07) is 13.2. The molecule has 5 nitrogen and oxygen atoms in total. The topological polar surface area (TPSA) is 55.5 Å². The highest BCUT2D eigenvalue weighted by Crippen LogP contribution is 2.13. The van der Waals surface area contributed by atoms with Crippen molar-refractivity contribution >= 4 is 17.0 Å². The summed E-state index contributed by atoms with van der Waals surface area (Å²) >= 11 is 0. The number of aromatic nitrogens is 1. The lowest BCUT2D eigenvalue weighted by molar-refractivity contribution is -0.131. The van der Waals surface area contributed by atoms with E-state index in [1.165, 1.54) is 15.5 Å². The van der Waals surface area contributed by atoms with E-state index in [9.17, 15) is 14.0 Å². The van der Waals surface area contributed by atoms with E-state index in [4.69, 9.17) is 4.42 Å². The molecule has 3 rings (SSSR count). The standard InChI is InChI=1S/C17H15FN2O3/c1-19(10-12-6-2-3-7-13(12)18)16(21)11-20-14-8-4-5-9-15(14)23-17(20)22/h2-9H,10-11H2,1H3. The van der Waals surface area contributed by atoms with Crippen LogP contribution in [0.15, 0.2) is 57.7 Å². The average Bonchev–Trinajstić information content (AvgIpc) is 2.85. The molecule has 1 aromatic heterocycles. The second kappa shape index (κ2) is 6.08. The zero-order chi connectivity index (χ0) is 16.4. The SMILES string of the molecule is CN(Cc1ccccc1F)C(=O)Cn1c(=O)oc2ccccc21. The first kappa shape index (κ1) is 15.0. The van der Waals surface area contributed by atoms with Crippen LogP contribution in [0.1, 0.15) is 5.56 Å². The minimum Gasteiger partial charge on any atom is -0.408 e. The maximum absolute atomic E-state index is 13.7. The number of hydrogen-bond donors (Lipinski definition) is 0. The van der Waals surface area contributed by atoms with Crippen LogP contribution in [-0.4, -0.2) is 22.4 Å². The Labute approximate surface area is 131 Å². The second-order valence-electron chi connectivity index (χ2n) is 5.26. The molecule has 118 valence electrons. The molecule has 1 amide bonds. The van der Waals surface area contributed by atoms with Gasteiger partial charge in [0.2, 0.25) is 5.91 Å². The van der Waals surface area contributed by atoms with Gasteiger partial charge in [-0.05, 0) is 18.2 Å². The van der Waals surface area contributed by atoms with Gasteiger partial charge in [0.25, 0.3) is 0 Å². The Morgan fingerprint density at radius 3 is 2.65 bits per heavy atom. The van der Waals surface area contributed by atoms with Crippen LogP contribution in [0.2, 0.25) is 0 Å². The van der Waals surface area contributed by atoms with Crippen molar-refractivity contribution in [1.82, 2.24) is 9.47 Å². The highest BCUT2D eigenvalue weighted by molar-refractivity contribution is 5.79. The van der Waals surface area contributed by atoms with Crippen molar-refractivity contribution in [2.45, 2.75) is 13.1 Å². The van der Waals surface area contributed by atoms with Crippen molar-refractivity contribution < 1.29 is 13.6 Å². The van der Waals surface area contributed by atoms with Gasteiger partial charge in [0, 0.05) is 19.2 Å². The predicted molar refractivity (Wildman–Crippen MR) is 83.3 cm³/mol. The summed E-state index contributed by atoms with van der Waals surface area (Å²) in [5, 5.41) is 0. The van der Waals surface area contributed by atoms with Gasteiger partial charge in [-0.2, -0.15) is 0 Å². The first-order valence-corrected chi connectivity index (χ1v) is 7.12. The summed E-state index contributed by atoms with van der Waals surface area (Å²) in [5.41, 5.74) is 1.42. The molecule has 23 heavy (non-hydrogen) atoms. The summed E-state index contributed by atoms with van der Waals surface area (Å²) in [7, 11) is 1.57. The number of nitrogens with zero attached hydrogens (tertiary/aromatic N) is 2. The largest absolute Gasteiger partial charge is 0.420 e. The van der Waals surface area contributed by atoms with Crippen molar-refractivity contribution in [2.75, 3.05) is 7.05 Å².